The average molecular weight is 492 g/mol. The van der Waals surface area contributed by atoms with Gasteiger partial charge in [-0.2, -0.15) is 10.1 Å². The number of nitrogens with zero attached hydrogens (tertiary/aromatic N) is 6. The zero-order valence-electron chi connectivity index (χ0n) is 19.8. The lowest BCUT2D eigenvalue weighted by Gasteiger charge is -2.38. The third-order valence-electron chi connectivity index (χ3n) is 7.48. The average Bonchev–Trinajstić information content (AvgIpc) is 3.70. The number of aromatic nitrogens is 5. The smallest absolute Gasteiger partial charge is 0.273 e. The van der Waals surface area contributed by atoms with E-state index in [0.717, 1.165) is 12.8 Å². The molecule has 13 nitrogen and oxygen atoms in total. The molecule has 2 aliphatic carbocycles. The van der Waals surface area contributed by atoms with Crippen LogP contribution in [0, 0.1) is 5.41 Å². The molecular formula is C23H25N9O4. The number of ether oxygens (including phenoxy) is 1. The summed E-state index contributed by atoms with van der Waals surface area (Å²) in [6.07, 6.45) is 4.11. The van der Waals surface area contributed by atoms with E-state index in [9.17, 15) is 14.4 Å². The summed E-state index contributed by atoms with van der Waals surface area (Å²) in [5.74, 6) is -0.0195. The Labute approximate surface area is 205 Å². The van der Waals surface area contributed by atoms with Crippen molar-refractivity contribution in [2.24, 2.45) is 11.1 Å². The summed E-state index contributed by atoms with van der Waals surface area (Å²) in [7, 11) is 1.50. The van der Waals surface area contributed by atoms with Crippen LogP contribution in [-0.2, 0) is 15.0 Å². The van der Waals surface area contributed by atoms with Crippen molar-refractivity contribution in [2.45, 2.75) is 37.7 Å². The second-order valence-electron chi connectivity index (χ2n) is 9.69. The summed E-state index contributed by atoms with van der Waals surface area (Å²) in [6, 6.07) is 5.19. The highest BCUT2D eigenvalue weighted by atomic mass is 16.5. The van der Waals surface area contributed by atoms with Crippen LogP contribution in [0.15, 0.2) is 24.4 Å². The first kappa shape index (κ1) is 22.2. The molecule has 3 aromatic rings. The van der Waals surface area contributed by atoms with Crippen molar-refractivity contribution in [1.29, 1.82) is 0 Å². The van der Waals surface area contributed by atoms with E-state index >= 15 is 0 Å². The molecule has 0 unspecified atom stereocenters. The minimum atomic E-state index is -0.851. The molecular weight excluding hydrogens is 466 g/mol. The fraction of sp³-hybridized carbons (Fsp3) is 0.435. The first-order valence-corrected chi connectivity index (χ1v) is 11.7. The number of amides is 3. The number of hydrogen-bond donors (Lipinski definition) is 3. The number of anilines is 2. The van der Waals surface area contributed by atoms with Crippen LogP contribution in [0.5, 0.6) is 5.75 Å². The molecule has 36 heavy (non-hydrogen) atoms. The molecule has 186 valence electrons. The molecule has 4 heterocycles. The second kappa shape index (κ2) is 7.60. The van der Waals surface area contributed by atoms with E-state index in [4.69, 9.17) is 10.5 Å². The van der Waals surface area contributed by atoms with Crippen molar-refractivity contribution in [3.05, 3.63) is 35.8 Å². The topological polar surface area (TPSA) is 170 Å². The van der Waals surface area contributed by atoms with Crippen LogP contribution in [0.4, 0.5) is 11.6 Å². The molecule has 1 aliphatic heterocycles. The Kier molecular flexibility index (Phi) is 4.69. The van der Waals surface area contributed by atoms with Gasteiger partial charge in [0, 0.05) is 14.0 Å². The van der Waals surface area contributed by atoms with Crippen molar-refractivity contribution in [3.8, 4) is 5.75 Å². The van der Waals surface area contributed by atoms with Crippen molar-refractivity contribution in [2.75, 3.05) is 25.5 Å². The van der Waals surface area contributed by atoms with E-state index in [2.05, 4.69) is 30.9 Å². The molecule has 0 bridgehead atoms. The van der Waals surface area contributed by atoms with Gasteiger partial charge in [-0.1, -0.05) is 0 Å². The number of carbonyl (C=O) groups excluding carboxylic acids is 3. The molecule has 3 fully saturated rings. The highest BCUT2D eigenvalue weighted by molar-refractivity contribution is 5.98. The molecule has 1 saturated heterocycles. The van der Waals surface area contributed by atoms with Crippen molar-refractivity contribution < 1.29 is 19.1 Å². The van der Waals surface area contributed by atoms with Crippen molar-refractivity contribution in [1.82, 2.24) is 35.0 Å². The Bertz CT molecular complexity index is 1430. The lowest BCUT2D eigenvalue weighted by molar-refractivity contribution is -0.137. The number of hydrogen-bond acceptors (Lipinski definition) is 9. The van der Waals surface area contributed by atoms with E-state index in [1.807, 2.05) is 0 Å². The lowest BCUT2D eigenvalue weighted by Crippen LogP contribution is -2.55. The Morgan fingerprint density at radius 1 is 1.19 bits per heavy atom. The maximum atomic E-state index is 12.5. The van der Waals surface area contributed by atoms with Gasteiger partial charge >= 0.3 is 0 Å². The van der Waals surface area contributed by atoms with Gasteiger partial charge in [0.1, 0.15) is 11.9 Å². The Balaban J connectivity index is 1.27. The van der Waals surface area contributed by atoms with Gasteiger partial charge in [0.15, 0.2) is 11.3 Å². The molecule has 2 saturated carbocycles. The summed E-state index contributed by atoms with van der Waals surface area (Å²) in [5, 5.41) is 18.4. The number of likely N-dealkylation sites (tertiary alicyclic amines) is 1. The fourth-order valence-electron chi connectivity index (χ4n) is 5.11. The van der Waals surface area contributed by atoms with Crippen LogP contribution >= 0.6 is 0 Å². The van der Waals surface area contributed by atoms with Gasteiger partial charge in [0.2, 0.25) is 17.8 Å². The number of nitrogens with two attached hydrogens (primary N) is 1. The van der Waals surface area contributed by atoms with E-state index in [1.165, 1.54) is 14.0 Å². The monoisotopic (exact) mass is 491 g/mol. The molecule has 3 amide bonds. The number of rotatable bonds is 7. The molecule has 4 N–H and O–H groups in total. The van der Waals surface area contributed by atoms with Crippen LogP contribution in [0.2, 0.25) is 0 Å². The predicted octanol–water partition coefficient (Wildman–Crippen LogP) is 0.139. The van der Waals surface area contributed by atoms with E-state index in [-0.39, 0.29) is 29.1 Å². The zero-order chi connectivity index (χ0) is 25.2. The number of primary amides is 1. The maximum Gasteiger partial charge on any atom is 0.273 e. The highest BCUT2D eigenvalue weighted by Crippen LogP contribution is 2.78. The molecule has 3 aromatic heterocycles. The van der Waals surface area contributed by atoms with Crippen LogP contribution < -0.4 is 21.1 Å². The minimum Gasteiger partial charge on any atom is -0.485 e. The minimum absolute atomic E-state index is 0.0258. The van der Waals surface area contributed by atoms with E-state index < -0.39 is 17.2 Å². The van der Waals surface area contributed by atoms with Gasteiger partial charge in [-0.25, -0.2) is 4.52 Å². The third-order valence-corrected chi connectivity index (χ3v) is 7.48. The first-order valence-electron chi connectivity index (χ1n) is 11.7. The van der Waals surface area contributed by atoms with Crippen molar-refractivity contribution in [3.63, 3.8) is 0 Å². The van der Waals surface area contributed by atoms with Gasteiger partial charge in [-0.3, -0.25) is 14.4 Å². The van der Waals surface area contributed by atoms with Gasteiger partial charge in [0.05, 0.1) is 36.1 Å². The van der Waals surface area contributed by atoms with Crippen LogP contribution in [0.1, 0.15) is 42.4 Å². The number of carbonyl (C=O) groups is 3. The largest absolute Gasteiger partial charge is 0.485 e. The van der Waals surface area contributed by atoms with Crippen LogP contribution in [-0.4, -0.2) is 73.7 Å². The second-order valence-corrected chi connectivity index (χ2v) is 9.69. The molecule has 0 radical (unpaired) electrons. The Morgan fingerprint density at radius 2 is 1.97 bits per heavy atom. The van der Waals surface area contributed by atoms with Crippen LogP contribution in [0.25, 0.3) is 5.65 Å². The van der Waals surface area contributed by atoms with E-state index in [0.29, 0.717) is 42.3 Å². The maximum absolute atomic E-state index is 12.5. The predicted molar refractivity (Wildman–Crippen MR) is 126 cm³/mol. The van der Waals surface area contributed by atoms with Gasteiger partial charge < -0.3 is 26.0 Å². The summed E-state index contributed by atoms with van der Waals surface area (Å²) < 4.78 is 7.48. The van der Waals surface area contributed by atoms with Gasteiger partial charge in [-0.05, 0) is 42.9 Å². The Hall–Kier alpha value is -4.29. The summed E-state index contributed by atoms with van der Waals surface area (Å²) in [5.41, 5.74) is 6.18. The molecule has 1 spiro atoms. The normalized spacial score (nSPS) is 21.7. The number of nitrogens with one attached hydrogen (secondary N) is 2. The fourth-order valence-corrected chi connectivity index (χ4v) is 5.11. The third kappa shape index (κ3) is 3.33. The van der Waals surface area contributed by atoms with Gasteiger partial charge in [-0.15, -0.1) is 10.2 Å². The van der Waals surface area contributed by atoms with Crippen molar-refractivity contribution >= 4 is 35.0 Å². The molecule has 13 heteroatoms. The molecule has 0 aromatic carbocycles. The molecule has 1 atom stereocenters. The van der Waals surface area contributed by atoms with E-state index in [1.54, 1.807) is 33.8 Å². The Morgan fingerprint density at radius 3 is 2.61 bits per heavy atom. The first-order chi connectivity index (χ1) is 17.2. The molecule has 3 aliphatic rings. The van der Waals surface area contributed by atoms with Gasteiger partial charge in [0.25, 0.3) is 5.91 Å². The molecule has 6 rings (SSSR count). The lowest BCUT2D eigenvalue weighted by atomic mass is 9.96. The number of pyridine rings is 1. The summed E-state index contributed by atoms with van der Waals surface area (Å²) >= 11 is 0. The quantitative estimate of drug-likeness (QED) is 0.416. The number of fused-ring (bicyclic) bond motifs is 1. The van der Waals surface area contributed by atoms with Crippen LogP contribution in [0.3, 0.4) is 0 Å². The SMILES string of the molecule is CNC(=O)c1nnc([C@]2(C(N)=O)CC23CC3)cc1Nc1nc2ccc(OC3CN(C(C)=O)C3)cn2n1. The standard InChI is InChI=1S/C23H25N9O4/c1-12(33)31-8-14(9-31)36-13-3-4-17-27-21(30-32(17)10-13)26-15-7-16(28-29-18(15)19(34)25-2)23(20(24)35)11-22(23)5-6-22/h3-4,7,10,14H,5-6,8-9,11H2,1-2H3,(H2,24,35)(H,25,34)(H,26,28,30)/t23-/m0/s1. The highest BCUT2D eigenvalue weighted by Gasteiger charge is 2.78. The zero-order valence-corrected chi connectivity index (χ0v) is 19.8. The summed E-state index contributed by atoms with van der Waals surface area (Å²) in [6.45, 7) is 2.63. The summed E-state index contributed by atoms with van der Waals surface area (Å²) in [4.78, 5) is 42.4.